The molecule has 2 aliphatic rings. The van der Waals surface area contributed by atoms with E-state index in [0.29, 0.717) is 47.9 Å². The molecule has 0 saturated heterocycles. The predicted molar refractivity (Wildman–Crippen MR) is 166 cm³/mol. The summed E-state index contributed by atoms with van der Waals surface area (Å²) in [5.41, 5.74) is 2.98. The fraction of sp³-hybridized carbons (Fsp3) is 0.364. The zero-order valence-corrected chi connectivity index (χ0v) is 24.3. The number of fused-ring (bicyclic) bond motifs is 1. The summed E-state index contributed by atoms with van der Waals surface area (Å²) in [4.78, 5) is 23.4. The second kappa shape index (κ2) is 13.0. The van der Waals surface area contributed by atoms with Crippen molar-refractivity contribution in [2.24, 2.45) is 5.92 Å². The molecule has 0 unspecified atom stereocenters. The first-order valence-corrected chi connectivity index (χ1v) is 15.2. The fourth-order valence-electron chi connectivity index (χ4n) is 6.19. The zero-order chi connectivity index (χ0) is 28.9. The van der Waals surface area contributed by atoms with E-state index in [0.717, 1.165) is 29.5 Å². The summed E-state index contributed by atoms with van der Waals surface area (Å²) in [6.45, 7) is 0.501. The Labute approximate surface area is 251 Å². The number of halogens is 1. The number of aromatic nitrogens is 3. The number of nitrogens with one attached hydrogen (secondary N) is 3. The first-order valence-electron chi connectivity index (χ1n) is 14.9. The first-order chi connectivity index (χ1) is 20.5. The van der Waals surface area contributed by atoms with Gasteiger partial charge in [-0.2, -0.15) is 9.97 Å². The van der Waals surface area contributed by atoms with Gasteiger partial charge in [-0.05, 0) is 59.7 Å². The van der Waals surface area contributed by atoms with Crippen molar-refractivity contribution in [3.05, 3.63) is 101 Å². The van der Waals surface area contributed by atoms with Crippen molar-refractivity contribution in [2.75, 3.05) is 10.6 Å². The first kappa shape index (κ1) is 28.2. The molecule has 0 radical (unpaired) electrons. The van der Waals surface area contributed by atoms with E-state index in [4.69, 9.17) is 21.6 Å². The Kier molecular flexibility index (Phi) is 8.72. The number of carbonyl (C=O) groups excluding carboxylic acids is 1. The maximum atomic E-state index is 13.9. The minimum absolute atomic E-state index is 0.119. The van der Waals surface area contributed by atoms with Crippen molar-refractivity contribution in [1.29, 1.82) is 0 Å². The van der Waals surface area contributed by atoms with Gasteiger partial charge < -0.3 is 25.6 Å². The summed E-state index contributed by atoms with van der Waals surface area (Å²) in [6, 6.07) is 20.4. The number of hydrogen-bond donors (Lipinski definition) is 4. The van der Waals surface area contributed by atoms with Gasteiger partial charge in [-0.15, -0.1) is 0 Å². The molecule has 1 saturated carbocycles. The molecule has 4 aromatic rings. The summed E-state index contributed by atoms with van der Waals surface area (Å²) in [6.07, 6.45) is 10.3. The van der Waals surface area contributed by atoms with Gasteiger partial charge in [0.2, 0.25) is 11.9 Å². The van der Waals surface area contributed by atoms with Crippen molar-refractivity contribution in [3.63, 3.8) is 0 Å². The molecule has 4 N–H and O–H groups in total. The van der Waals surface area contributed by atoms with E-state index in [1.807, 2.05) is 83.7 Å². The summed E-state index contributed by atoms with van der Waals surface area (Å²) in [7, 11) is 0. The molecular formula is C33H37ClN6O2. The molecule has 2 aliphatic carbocycles. The van der Waals surface area contributed by atoms with Crippen molar-refractivity contribution in [2.45, 2.75) is 69.7 Å². The van der Waals surface area contributed by atoms with Crippen LogP contribution in [0.15, 0.2) is 79.1 Å². The van der Waals surface area contributed by atoms with Crippen LogP contribution in [0.5, 0.6) is 0 Å². The molecule has 42 heavy (non-hydrogen) atoms. The molecule has 218 valence electrons. The van der Waals surface area contributed by atoms with Gasteiger partial charge in [0.05, 0.1) is 12.1 Å². The summed E-state index contributed by atoms with van der Waals surface area (Å²) in [5.74, 6) is 2.03. The Bertz CT molecular complexity index is 1500. The lowest BCUT2D eigenvalue weighted by Crippen LogP contribution is -2.47. The van der Waals surface area contributed by atoms with Gasteiger partial charge in [0.25, 0.3) is 0 Å². The fourth-order valence-corrected chi connectivity index (χ4v) is 6.40. The Morgan fingerprint density at radius 3 is 2.60 bits per heavy atom. The third-order valence-corrected chi connectivity index (χ3v) is 8.61. The van der Waals surface area contributed by atoms with Crippen LogP contribution >= 0.6 is 11.6 Å². The molecular weight excluding hydrogens is 548 g/mol. The molecule has 0 spiro atoms. The van der Waals surface area contributed by atoms with Gasteiger partial charge in [-0.3, -0.25) is 4.79 Å². The van der Waals surface area contributed by atoms with E-state index in [1.54, 1.807) is 0 Å². The molecule has 2 aromatic heterocycles. The van der Waals surface area contributed by atoms with Crippen LogP contribution in [-0.4, -0.2) is 37.6 Å². The zero-order valence-electron chi connectivity index (χ0n) is 23.5. The van der Waals surface area contributed by atoms with Crippen molar-refractivity contribution in [1.82, 2.24) is 19.9 Å². The molecule has 8 nitrogen and oxygen atoms in total. The van der Waals surface area contributed by atoms with Crippen LogP contribution < -0.4 is 16.0 Å². The molecule has 9 heteroatoms. The normalized spacial score (nSPS) is 19.2. The molecule has 6 rings (SSSR count). The van der Waals surface area contributed by atoms with Crippen LogP contribution in [-0.2, 0) is 17.8 Å². The Hall–Kier alpha value is -3.88. The molecule has 1 amide bonds. The quantitative estimate of drug-likeness (QED) is 0.181. The van der Waals surface area contributed by atoms with E-state index in [2.05, 4.69) is 16.0 Å². The highest BCUT2D eigenvalue weighted by Crippen LogP contribution is 2.32. The highest BCUT2D eigenvalue weighted by atomic mass is 35.5. The number of benzene rings is 2. The summed E-state index contributed by atoms with van der Waals surface area (Å²) < 4.78 is 1.92. The monoisotopic (exact) mass is 584 g/mol. The molecule has 0 aliphatic heterocycles. The Morgan fingerprint density at radius 2 is 1.81 bits per heavy atom. The molecule has 2 heterocycles. The standard InChI is InChI=1S/C33H37ClN6O2/c34-25-13-8-11-23(17-25)21-35-33-38-29(20-30(39-33)40-15-6-7-16-40)36-28(18-22-9-2-1-3-10-22)32(42)37-27-19-24-12-4-5-14-26(24)31(27)41/h4-8,11-17,20,22,27-28,31,41H,1-3,9-10,18-19,21H2,(H,37,42)(H2,35,36,38,39)/t27-,28+,31+/m0/s1. The van der Waals surface area contributed by atoms with E-state index < -0.39 is 12.1 Å². The lowest BCUT2D eigenvalue weighted by Gasteiger charge is -2.28. The average molecular weight is 585 g/mol. The number of aliphatic hydroxyl groups is 1. The topological polar surface area (TPSA) is 104 Å². The van der Waals surface area contributed by atoms with Gasteiger partial charge in [0.15, 0.2) is 0 Å². The molecule has 1 fully saturated rings. The van der Waals surface area contributed by atoms with Crippen molar-refractivity contribution >= 4 is 29.3 Å². The van der Waals surface area contributed by atoms with E-state index in [9.17, 15) is 9.90 Å². The van der Waals surface area contributed by atoms with Crippen LogP contribution in [0.4, 0.5) is 11.8 Å². The van der Waals surface area contributed by atoms with Gasteiger partial charge in [-0.1, -0.05) is 80.1 Å². The van der Waals surface area contributed by atoms with E-state index in [1.165, 1.54) is 19.3 Å². The lowest BCUT2D eigenvalue weighted by molar-refractivity contribution is -0.123. The maximum absolute atomic E-state index is 13.9. The number of rotatable bonds is 10. The predicted octanol–water partition coefficient (Wildman–Crippen LogP) is 6.06. The van der Waals surface area contributed by atoms with Crippen LogP contribution in [0.25, 0.3) is 5.82 Å². The SMILES string of the molecule is O=C(N[C@H]1Cc2ccccc2[C@H]1O)[C@@H](CC1CCCCC1)Nc1cc(-n2cccc2)nc(NCc2cccc(Cl)c2)n1. The average Bonchev–Trinajstić information content (AvgIpc) is 3.65. The number of carbonyl (C=O) groups is 1. The molecule has 3 atom stereocenters. The summed E-state index contributed by atoms with van der Waals surface area (Å²) >= 11 is 6.18. The second-order valence-electron chi connectivity index (χ2n) is 11.4. The third-order valence-electron chi connectivity index (χ3n) is 8.38. The number of amides is 1. The van der Waals surface area contributed by atoms with Gasteiger partial charge in [0, 0.05) is 30.0 Å². The lowest BCUT2D eigenvalue weighted by atomic mass is 9.84. The van der Waals surface area contributed by atoms with Crippen molar-refractivity contribution in [3.8, 4) is 5.82 Å². The van der Waals surface area contributed by atoms with Crippen molar-refractivity contribution < 1.29 is 9.90 Å². The Balaban J connectivity index is 1.24. The highest BCUT2D eigenvalue weighted by Gasteiger charge is 2.34. The van der Waals surface area contributed by atoms with Gasteiger partial charge >= 0.3 is 0 Å². The van der Waals surface area contributed by atoms with Crippen LogP contribution in [0.3, 0.4) is 0 Å². The summed E-state index contributed by atoms with van der Waals surface area (Å²) in [5, 5.41) is 21.6. The molecule has 2 aromatic carbocycles. The number of aliphatic hydroxyl groups excluding tert-OH is 1. The van der Waals surface area contributed by atoms with Crippen LogP contribution in [0.1, 0.15) is 61.3 Å². The minimum atomic E-state index is -0.720. The third kappa shape index (κ3) is 6.77. The molecule has 0 bridgehead atoms. The van der Waals surface area contributed by atoms with E-state index >= 15 is 0 Å². The highest BCUT2D eigenvalue weighted by molar-refractivity contribution is 6.30. The Morgan fingerprint density at radius 1 is 1.00 bits per heavy atom. The minimum Gasteiger partial charge on any atom is -0.386 e. The number of anilines is 2. The van der Waals surface area contributed by atoms with Gasteiger partial charge in [0.1, 0.15) is 17.7 Å². The van der Waals surface area contributed by atoms with Crippen LogP contribution in [0, 0.1) is 5.92 Å². The van der Waals surface area contributed by atoms with E-state index in [-0.39, 0.29) is 11.9 Å². The number of nitrogens with zero attached hydrogens (tertiary/aromatic N) is 3. The second-order valence-corrected chi connectivity index (χ2v) is 11.8. The number of hydrogen-bond acceptors (Lipinski definition) is 6. The van der Waals surface area contributed by atoms with Gasteiger partial charge in [-0.25, -0.2) is 0 Å². The maximum Gasteiger partial charge on any atom is 0.242 e. The van der Waals surface area contributed by atoms with Crippen LogP contribution in [0.2, 0.25) is 5.02 Å². The largest absolute Gasteiger partial charge is 0.386 e. The smallest absolute Gasteiger partial charge is 0.242 e.